The molecule has 0 amide bonds. The van der Waals surface area contributed by atoms with Gasteiger partial charge in [0.15, 0.2) is 5.82 Å². The molecule has 4 rings (SSSR count). The number of aromatic nitrogens is 2. The summed E-state index contributed by atoms with van der Waals surface area (Å²) in [4.78, 5) is 8.99. The molecule has 122 valence electrons. The Balaban J connectivity index is 1.90. The van der Waals surface area contributed by atoms with Crippen LogP contribution in [0.5, 0.6) is 0 Å². The summed E-state index contributed by atoms with van der Waals surface area (Å²) in [6.45, 7) is 0. The van der Waals surface area contributed by atoms with E-state index in [1.807, 2.05) is 66.7 Å². The molecule has 0 aliphatic carbocycles. The number of imidazole rings is 1. The van der Waals surface area contributed by atoms with Gasteiger partial charge in [-0.1, -0.05) is 60.7 Å². The molecule has 0 radical (unpaired) electrons. The Morgan fingerprint density at radius 1 is 0.920 bits per heavy atom. The Hall–Kier alpha value is -3.27. The van der Waals surface area contributed by atoms with Crippen LogP contribution in [0.3, 0.4) is 0 Å². The number of rotatable bonds is 3. The highest BCUT2D eigenvalue weighted by molar-refractivity contribution is 6.14. The Labute approximate surface area is 145 Å². The molecule has 1 heterocycles. The first-order chi connectivity index (χ1) is 12.2. The van der Waals surface area contributed by atoms with E-state index in [0.717, 1.165) is 16.8 Å². The van der Waals surface area contributed by atoms with Crippen LogP contribution >= 0.6 is 0 Å². The lowest BCUT2D eigenvalue weighted by molar-refractivity contribution is 0.632. The molecule has 0 saturated heterocycles. The second-order valence-corrected chi connectivity index (χ2v) is 5.84. The van der Waals surface area contributed by atoms with E-state index in [2.05, 4.69) is 4.98 Å². The number of hydrogen-bond acceptors (Lipinski definition) is 2. The Morgan fingerprint density at radius 3 is 2.12 bits per heavy atom. The van der Waals surface area contributed by atoms with Crippen LogP contribution in [0, 0.1) is 5.82 Å². The average molecular weight is 329 g/mol. The van der Waals surface area contributed by atoms with Gasteiger partial charge in [-0.05, 0) is 6.07 Å². The molecule has 4 aromatic rings. The molecule has 0 atom stereocenters. The van der Waals surface area contributed by atoms with Gasteiger partial charge in [0.05, 0.1) is 23.2 Å². The molecular weight excluding hydrogens is 313 g/mol. The molecule has 3 nitrogen and oxygen atoms in total. The monoisotopic (exact) mass is 329 g/mol. The van der Waals surface area contributed by atoms with Gasteiger partial charge in [0.25, 0.3) is 0 Å². The Morgan fingerprint density at radius 2 is 1.52 bits per heavy atom. The highest BCUT2D eigenvalue weighted by Gasteiger charge is 2.11. The lowest BCUT2D eigenvalue weighted by atomic mass is 10.0. The number of benzene rings is 3. The molecule has 0 spiro atoms. The molecule has 25 heavy (non-hydrogen) atoms. The minimum Gasteiger partial charge on any atom is -0.331 e. The highest BCUT2D eigenvalue weighted by Crippen LogP contribution is 2.25. The Kier molecular flexibility index (Phi) is 3.86. The predicted octanol–water partition coefficient (Wildman–Crippen LogP) is 4.88. The number of hydrogen-bond donors (Lipinski definition) is 0. The first kappa shape index (κ1) is 15.3. The van der Waals surface area contributed by atoms with Crippen molar-refractivity contribution in [3.8, 4) is 0 Å². The van der Waals surface area contributed by atoms with Crippen molar-refractivity contribution in [2.45, 2.75) is 0 Å². The first-order valence-corrected chi connectivity index (χ1v) is 8.02. The zero-order valence-electron chi connectivity index (χ0n) is 13.7. The van der Waals surface area contributed by atoms with Crippen molar-refractivity contribution in [3.63, 3.8) is 0 Å². The van der Waals surface area contributed by atoms with Crippen LogP contribution in [0.15, 0.2) is 84.1 Å². The zero-order chi connectivity index (χ0) is 17.2. The summed E-state index contributed by atoms with van der Waals surface area (Å²) in [5, 5.41) is 0. The molecule has 0 N–H and O–H groups in total. The van der Waals surface area contributed by atoms with Crippen LogP contribution in [0.2, 0.25) is 0 Å². The van der Waals surface area contributed by atoms with E-state index in [0.29, 0.717) is 16.7 Å². The van der Waals surface area contributed by atoms with E-state index in [1.165, 1.54) is 6.07 Å². The third kappa shape index (κ3) is 2.94. The molecule has 0 aliphatic heterocycles. The van der Waals surface area contributed by atoms with Gasteiger partial charge in [-0.2, -0.15) is 0 Å². The average Bonchev–Trinajstić information content (AvgIpc) is 3.02. The van der Waals surface area contributed by atoms with E-state index in [9.17, 15) is 4.39 Å². The molecular formula is C21H16FN3. The van der Waals surface area contributed by atoms with E-state index in [4.69, 9.17) is 4.99 Å². The van der Waals surface area contributed by atoms with Crippen molar-refractivity contribution >= 4 is 22.4 Å². The lowest BCUT2D eigenvalue weighted by Gasteiger charge is -2.08. The minimum atomic E-state index is -0.322. The zero-order valence-corrected chi connectivity index (χ0v) is 13.7. The first-order valence-electron chi connectivity index (χ1n) is 8.02. The van der Waals surface area contributed by atoms with Crippen LogP contribution in [0.4, 0.5) is 10.1 Å². The molecule has 0 fully saturated rings. The number of fused-ring (bicyclic) bond motifs is 1. The SMILES string of the molecule is Cn1cnc2cc(N=C(c3ccccc3)c3ccccc3)cc(F)c21. The van der Waals surface area contributed by atoms with Crippen molar-refractivity contribution in [1.82, 2.24) is 9.55 Å². The van der Waals surface area contributed by atoms with Crippen molar-refractivity contribution in [3.05, 3.63) is 96.1 Å². The summed E-state index contributed by atoms with van der Waals surface area (Å²) in [6.07, 6.45) is 1.61. The van der Waals surface area contributed by atoms with Gasteiger partial charge in [0.1, 0.15) is 5.52 Å². The molecule has 0 unspecified atom stereocenters. The fourth-order valence-electron chi connectivity index (χ4n) is 2.91. The van der Waals surface area contributed by atoms with Crippen LogP contribution in [-0.4, -0.2) is 15.3 Å². The number of aliphatic imine (C=N–C) groups is 1. The van der Waals surface area contributed by atoms with Gasteiger partial charge in [-0.3, -0.25) is 0 Å². The molecule has 1 aromatic heterocycles. The maximum absolute atomic E-state index is 14.5. The highest BCUT2D eigenvalue weighted by atomic mass is 19.1. The number of halogens is 1. The topological polar surface area (TPSA) is 30.2 Å². The third-order valence-corrected chi connectivity index (χ3v) is 4.09. The summed E-state index contributed by atoms with van der Waals surface area (Å²) >= 11 is 0. The summed E-state index contributed by atoms with van der Waals surface area (Å²) < 4.78 is 16.1. The lowest BCUT2D eigenvalue weighted by Crippen LogP contribution is -2.02. The fourth-order valence-corrected chi connectivity index (χ4v) is 2.91. The van der Waals surface area contributed by atoms with Gasteiger partial charge >= 0.3 is 0 Å². The quantitative estimate of drug-likeness (QED) is 0.493. The molecule has 3 aromatic carbocycles. The standard InChI is InChI=1S/C21H16FN3/c1-25-14-23-19-13-17(12-18(22)21(19)25)24-20(15-8-4-2-5-9-15)16-10-6-3-7-11-16/h2-14H,1H3. The fraction of sp³-hybridized carbons (Fsp3) is 0.0476. The van der Waals surface area contributed by atoms with Crippen LogP contribution in [0.25, 0.3) is 11.0 Å². The van der Waals surface area contributed by atoms with Gasteiger partial charge in [0, 0.05) is 24.2 Å². The van der Waals surface area contributed by atoms with E-state index < -0.39 is 0 Å². The van der Waals surface area contributed by atoms with E-state index >= 15 is 0 Å². The second kappa shape index (κ2) is 6.32. The van der Waals surface area contributed by atoms with Crippen LogP contribution in [-0.2, 0) is 7.05 Å². The number of aryl methyl sites for hydroxylation is 1. The van der Waals surface area contributed by atoms with Crippen molar-refractivity contribution in [2.75, 3.05) is 0 Å². The van der Waals surface area contributed by atoms with Crippen molar-refractivity contribution in [1.29, 1.82) is 0 Å². The summed E-state index contributed by atoms with van der Waals surface area (Å²) in [5.74, 6) is -0.322. The summed E-state index contributed by atoms with van der Waals surface area (Å²) in [5.41, 5.74) is 4.40. The molecule has 4 heteroatoms. The minimum absolute atomic E-state index is 0.322. The normalized spacial score (nSPS) is 10.8. The maximum Gasteiger partial charge on any atom is 0.151 e. The maximum atomic E-state index is 14.5. The third-order valence-electron chi connectivity index (χ3n) is 4.09. The van der Waals surface area contributed by atoms with Crippen LogP contribution in [0.1, 0.15) is 11.1 Å². The molecule has 0 bridgehead atoms. The molecule has 0 saturated carbocycles. The van der Waals surface area contributed by atoms with Crippen molar-refractivity contribution in [2.24, 2.45) is 12.0 Å². The molecule has 0 aliphatic rings. The van der Waals surface area contributed by atoms with Gasteiger partial charge < -0.3 is 4.57 Å². The van der Waals surface area contributed by atoms with Crippen molar-refractivity contribution < 1.29 is 4.39 Å². The van der Waals surface area contributed by atoms with Crippen LogP contribution < -0.4 is 0 Å². The number of nitrogens with zero attached hydrogens (tertiary/aromatic N) is 3. The summed E-state index contributed by atoms with van der Waals surface area (Å²) in [6, 6.07) is 23.1. The second-order valence-electron chi connectivity index (χ2n) is 5.84. The Bertz CT molecular complexity index is 1010. The van der Waals surface area contributed by atoms with Gasteiger partial charge in [-0.15, -0.1) is 0 Å². The smallest absolute Gasteiger partial charge is 0.151 e. The predicted molar refractivity (Wildman–Crippen MR) is 98.9 cm³/mol. The largest absolute Gasteiger partial charge is 0.331 e. The van der Waals surface area contributed by atoms with Gasteiger partial charge in [0.2, 0.25) is 0 Å². The summed E-state index contributed by atoms with van der Waals surface area (Å²) in [7, 11) is 1.78. The van der Waals surface area contributed by atoms with E-state index in [-0.39, 0.29) is 5.82 Å². The van der Waals surface area contributed by atoms with Gasteiger partial charge in [-0.25, -0.2) is 14.4 Å². The van der Waals surface area contributed by atoms with E-state index in [1.54, 1.807) is 17.9 Å².